The second-order valence-electron chi connectivity index (χ2n) is 6.82. The fourth-order valence-corrected chi connectivity index (χ4v) is 3.11. The summed E-state index contributed by atoms with van der Waals surface area (Å²) in [7, 11) is 3.51. The van der Waals surface area contributed by atoms with E-state index in [0.29, 0.717) is 17.2 Å². The molecule has 0 unspecified atom stereocenters. The number of pyridine rings is 1. The lowest BCUT2D eigenvalue weighted by molar-refractivity contribution is 0.101. The highest BCUT2D eigenvalue weighted by Crippen LogP contribution is 2.19. The van der Waals surface area contributed by atoms with E-state index in [9.17, 15) is 9.59 Å². The van der Waals surface area contributed by atoms with Gasteiger partial charge in [0.25, 0.3) is 5.56 Å². The van der Waals surface area contributed by atoms with Crippen molar-refractivity contribution < 1.29 is 4.79 Å². The van der Waals surface area contributed by atoms with Gasteiger partial charge in [0, 0.05) is 61.6 Å². The van der Waals surface area contributed by atoms with E-state index in [1.165, 1.54) is 10.6 Å². The maximum Gasteiger partial charge on any atom is 0.255 e. The minimum Gasteiger partial charge on any atom is -0.348 e. The molecule has 0 atom stereocenters. The minimum absolute atomic E-state index is 0.00406. The Labute approximate surface area is 172 Å². The highest BCUT2D eigenvalue weighted by Gasteiger charge is 2.12. The van der Waals surface area contributed by atoms with Gasteiger partial charge in [-0.1, -0.05) is 18.2 Å². The molecule has 0 fully saturated rings. The lowest BCUT2D eigenvalue weighted by Gasteiger charge is -2.11. The molecule has 0 aliphatic heterocycles. The van der Waals surface area contributed by atoms with E-state index in [-0.39, 0.29) is 17.9 Å². The van der Waals surface area contributed by atoms with E-state index in [4.69, 9.17) is 0 Å². The van der Waals surface area contributed by atoms with Gasteiger partial charge in [-0.3, -0.25) is 19.1 Å². The summed E-state index contributed by atoms with van der Waals surface area (Å²) >= 11 is 0. The van der Waals surface area contributed by atoms with Gasteiger partial charge in [0.1, 0.15) is 5.82 Å². The summed E-state index contributed by atoms with van der Waals surface area (Å²) in [5.41, 5.74) is 2.49. The van der Waals surface area contributed by atoms with Crippen LogP contribution in [0, 0.1) is 0 Å². The summed E-state index contributed by atoms with van der Waals surface area (Å²) in [6.45, 7) is 0.00406. The van der Waals surface area contributed by atoms with Crippen molar-refractivity contribution in [1.82, 2.24) is 24.1 Å². The molecule has 8 heteroatoms. The average Bonchev–Trinajstić information content (AvgIpc) is 3.21. The highest BCUT2D eigenvalue weighted by molar-refractivity contribution is 5.99. The smallest absolute Gasteiger partial charge is 0.255 e. The van der Waals surface area contributed by atoms with E-state index in [2.05, 4.69) is 20.3 Å². The standard InChI is InChI=1S/C22H20N6O2/c1-27-11-10-24-21(27)17-5-3-4-16(12-17)19(29)14-25-22-26-18(13-20(30)28(22)2)15-6-8-23-9-7-15/h3-13H,14H2,1-2H3,(H,25,26). The van der Waals surface area contributed by atoms with Crippen molar-refractivity contribution in [3.8, 4) is 22.6 Å². The van der Waals surface area contributed by atoms with Crippen molar-refractivity contribution in [3.63, 3.8) is 0 Å². The van der Waals surface area contributed by atoms with Crippen LogP contribution in [-0.4, -0.2) is 36.4 Å². The largest absolute Gasteiger partial charge is 0.348 e. The first-order chi connectivity index (χ1) is 14.5. The number of nitrogens with one attached hydrogen (secondary N) is 1. The van der Waals surface area contributed by atoms with Crippen molar-refractivity contribution in [3.05, 3.63) is 83.2 Å². The van der Waals surface area contributed by atoms with Crippen LogP contribution in [-0.2, 0) is 14.1 Å². The number of hydrogen-bond acceptors (Lipinski definition) is 6. The van der Waals surface area contributed by atoms with E-state index in [1.807, 2.05) is 36.0 Å². The summed E-state index contributed by atoms with van der Waals surface area (Å²) in [4.78, 5) is 37.9. The van der Waals surface area contributed by atoms with Crippen molar-refractivity contribution in [1.29, 1.82) is 0 Å². The minimum atomic E-state index is -0.219. The Balaban J connectivity index is 1.55. The third-order valence-corrected chi connectivity index (χ3v) is 4.78. The normalized spacial score (nSPS) is 10.7. The third-order valence-electron chi connectivity index (χ3n) is 4.78. The molecule has 0 amide bonds. The van der Waals surface area contributed by atoms with Gasteiger partial charge in [-0.25, -0.2) is 9.97 Å². The number of carbonyl (C=O) groups is 1. The first kappa shape index (κ1) is 19.3. The SMILES string of the molecule is Cn1ccnc1-c1cccc(C(=O)CNc2nc(-c3ccncc3)cc(=O)n2C)c1. The molecule has 0 bridgehead atoms. The molecule has 4 aromatic rings. The Hall–Kier alpha value is -4.07. The zero-order valence-electron chi connectivity index (χ0n) is 16.6. The van der Waals surface area contributed by atoms with Crippen LogP contribution in [0.1, 0.15) is 10.4 Å². The van der Waals surface area contributed by atoms with E-state index < -0.39 is 0 Å². The average molecular weight is 400 g/mol. The molecular formula is C22H20N6O2. The van der Waals surface area contributed by atoms with Crippen molar-refractivity contribution in [2.24, 2.45) is 14.1 Å². The molecule has 30 heavy (non-hydrogen) atoms. The number of anilines is 1. The molecule has 3 aromatic heterocycles. The Morgan fingerprint density at radius 1 is 1.03 bits per heavy atom. The first-order valence-electron chi connectivity index (χ1n) is 9.36. The zero-order chi connectivity index (χ0) is 21.1. The Kier molecular flexibility index (Phi) is 5.21. The molecule has 150 valence electrons. The second kappa shape index (κ2) is 8.12. The van der Waals surface area contributed by atoms with Crippen molar-refractivity contribution in [2.75, 3.05) is 11.9 Å². The number of hydrogen-bond donors (Lipinski definition) is 1. The van der Waals surface area contributed by atoms with Crippen molar-refractivity contribution in [2.45, 2.75) is 0 Å². The van der Waals surface area contributed by atoms with Crippen molar-refractivity contribution >= 4 is 11.7 Å². The zero-order valence-corrected chi connectivity index (χ0v) is 16.6. The van der Waals surface area contributed by atoms with Crippen LogP contribution in [0.4, 0.5) is 5.95 Å². The number of nitrogens with zero attached hydrogens (tertiary/aromatic N) is 5. The summed E-state index contributed by atoms with van der Waals surface area (Å²) < 4.78 is 3.27. The maximum absolute atomic E-state index is 12.8. The fraction of sp³-hybridized carbons (Fsp3) is 0.136. The summed E-state index contributed by atoms with van der Waals surface area (Å²) in [6.07, 6.45) is 6.85. The van der Waals surface area contributed by atoms with Gasteiger partial charge in [-0.2, -0.15) is 0 Å². The number of benzene rings is 1. The van der Waals surface area contributed by atoms with Gasteiger partial charge < -0.3 is 9.88 Å². The Morgan fingerprint density at radius 3 is 2.57 bits per heavy atom. The van der Waals surface area contributed by atoms with Gasteiger partial charge in [-0.05, 0) is 18.2 Å². The van der Waals surface area contributed by atoms with Gasteiger partial charge in [0.05, 0.1) is 12.2 Å². The van der Waals surface area contributed by atoms with Crippen LogP contribution < -0.4 is 10.9 Å². The predicted octanol–water partition coefficient (Wildman–Crippen LogP) is 2.54. The van der Waals surface area contributed by atoms with Crippen LogP contribution in [0.15, 0.2) is 72.0 Å². The third kappa shape index (κ3) is 3.88. The van der Waals surface area contributed by atoms with Crippen LogP contribution in [0.25, 0.3) is 22.6 Å². The molecule has 0 aliphatic carbocycles. The van der Waals surface area contributed by atoms with Crippen LogP contribution in [0.3, 0.4) is 0 Å². The summed E-state index contributed by atoms with van der Waals surface area (Å²) in [5, 5.41) is 2.99. The molecule has 0 aliphatic rings. The van der Waals surface area contributed by atoms with E-state index >= 15 is 0 Å². The molecule has 3 heterocycles. The Bertz CT molecular complexity index is 1260. The maximum atomic E-state index is 12.8. The number of carbonyl (C=O) groups excluding carboxylic acids is 1. The molecule has 0 radical (unpaired) electrons. The number of Topliss-reactive ketones (excluding diaryl/α,β-unsaturated/α-hetero) is 1. The molecule has 1 aromatic carbocycles. The lowest BCUT2D eigenvalue weighted by Crippen LogP contribution is -2.24. The molecule has 0 saturated heterocycles. The second-order valence-corrected chi connectivity index (χ2v) is 6.82. The fourth-order valence-electron chi connectivity index (χ4n) is 3.11. The van der Waals surface area contributed by atoms with Crippen LogP contribution in [0.5, 0.6) is 0 Å². The lowest BCUT2D eigenvalue weighted by atomic mass is 10.1. The quantitative estimate of drug-likeness (QED) is 0.500. The monoisotopic (exact) mass is 400 g/mol. The molecule has 4 rings (SSSR count). The summed E-state index contributed by atoms with van der Waals surface area (Å²) in [5.74, 6) is 0.990. The molecule has 1 N–H and O–H groups in total. The van der Waals surface area contributed by atoms with E-state index in [1.54, 1.807) is 43.8 Å². The highest BCUT2D eigenvalue weighted by atomic mass is 16.1. The predicted molar refractivity (Wildman–Crippen MR) is 114 cm³/mol. The topological polar surface area (TPSA) is 94.7 Å². The van der Waals surface area contributed by atoms with E-state index in [0.717, 1.165) is 17.0 Å². The number of aryl methyl sites for hydroxylation is 1. The molecule has 8 nitrogen and oxygen atoms in total. The van der Waals surface area contributed by atoms with Gasteiger partial charge >= 0.3 is 0 Å². The van der Waals surface area contributed by atoms with Gasteiger partial charge in [0.15, 0.2) is 5.78 Å². The van der Waals surface area contributed by atoms with Gasteiger partial charge in [0.2, 0.25) is 5.95 Å². The number of ketones is 1. The van der Waals surface area contributed by atoms with Crippen LogP contribution >= 0.6 is 0 Å². The van der Waals surface area contributed by atoms with Crippen LogP contribution in [0.2, 0.25) is 0 Å². The molecular weight excluding hydrogens is 380 g/mol. The first-order valence-corrected chi connectivity index (χ1v) is 9.36. The Morgan fingerprint density at radius 2 is 1.83 bits per heavy atom. The molecule has 0 spiro atoms. The number of rotatable bonds is 6. The summed E-state index contributed by atoms with van der Waals surface area (Å²) in [6, 6.07) is 12.3. The number of aromatic nitrogens is 5. The van der Waals surface area contributed by atoms with Gasteiger partial charge in [-0.15, -0.1) is 0 Å². The molecule has 0 saturated carbocycles. The number of imidazole rings is 1.